The van der Waals surface area contributed by atoms with E-state index in [4.69, 9.17) is 46.4 Å². The second-order valence-corrected chi connectivity index (χ2v) is 7.98. The lowest BCUT2D eigenvalue weighted by molar-refractivity contribution is -0.110. The van der Waals surface area contributed by atoms with Crippen molar-refractivity contribution in [3.8, 4) is 0 Å². The third-order valence-electron chi connectivity index (χ3n) is 2.85. The minimum Gasteiger partial charge on any atom is -0.279 e. The maximum atomic E-state index is 12.8. The predicted molar refractivity (Wildman–Crippen MR) is 93.3 cm³/mol. The molecule has 0 bridgehead atoms. The normalized spacial score (nSPS) is 11.3. The van der Waals surface area contributed by atoms with E-state index >= 15 is 0 Å². The zero-order valence-corrected chi connectivity index (χ0v) is 15.2. The number of rotatable bonds is 5. The lowest BCUT2D eigenvalue weighted by Crippen LogP contribution is -2.34. The number of hydrogen-bond acceptors (Lipinski definition) is 3. The van der Waals surface area contributed by atoms with Crippen molar-refractivity contribution < 1.29 is 13.2 Å². The van der Waals surface area contributed by atoms with Gasteiger partial charge in [-0.05, 0) is 54.1 Å². The van der Waals surface area contributed by atoms with Crippen LogP contribution >= 0.6 is 46.4 Å². The number of benzene rings is 2. The minimum atomic E-state index is -4.08. The lowest BCUT2D eigenvalue weighted by Gasteiger charge is -2.24. The van der Waals surface area contributed by atoms with Crippen molar-refractivity contribution in [3.05, 3.63) is 57.5 Å². The van der Waals surface area contributed by atoms with Gasteiger partial charge in [-0.2, -0.15) is 0 Å². The van der Waals surface area contributed by atoms with Crippen molar-refractivity contribution in [2.24, 2.45) is 0 Å². The highest BCUT2D eigenvalue weighted by atomic mass is 35.5. The van der Waals surface area contributed by atoms with E-state index in [0.717, 1.165) is 4.31 Å². The van der Waals surface area contributed by atoms with Crippen molar-refractivity contribution in [1.82, 2.24) is 0 Å². The molecule has 23 heavy (non-hydrogen) atoms. The molecule has 0 radical (unpaired) electrons. The molecule has 0 aliphatic rings. The Morgan fingerprint density at radius 2 is 1.52 bits per heavy atom. The van der Waals surface area contributed by atoms with E-state index in [1.807, 2.05) is 0 Å². The molecular formula is C14H9Cl4NO3S. The SMILES string of the molecule is O=C(Cl)CN(c1cc(Cl)ccc1Cl)S(=O)(=O)c1ccc(Cl)cc1. The van der Waals surface area contributed by atoms with Crippen molar-refractivity contribution in [1.29, 1.82) is 0 Å². The van der Waals surface area contributed by atoms with Crippen LogP contribution in [0, 0.1) is 0 Å². The first-order valence-electron chi connectivity index (χ1n) is 6.13. The summed E-state index contributed by atoms with van der Waals surface area (Å²) >= 11 is 23.1. The highest BCUT2D eigenvalue weighted by Crippen LogP contribution is 2.33. The van der Waals surface area contributed by atoms with Gasteiger partial charge in [0.25, 0.3) is 10.0 Å². The van der Waals surface area contributed by atoms with Crippen LogP contribution in [0.4, 0.5) is 5.69 Å². The van der Waals surface area contributed by atoms with E-state index in [1.165, 1.54) is 42.5 Å². The Morgan fingerprint density at radius 3 is 2.09 bits per heavy atom. The van der Waals surface area contributed by atoms with Gasteiger partial charge in [-0.1, -0.05) is 34.8 Å². The van der Waals surface area contributed by atoms with Crippen LogP contribution in [0.1, 0.15) is 0 Å². The zero-order chi connectivity index (χ0) is 17.2. The topological polar surface area (TPSA) is 54.5 Å². The smallest absolute Gasteiger partial charge is 0.264 e. The molecule has 0 heterocycles. The van der Waals surface area contributed by atoms with E-state index in [2.05, 4.69) is 0 Å². The second-order valence-electron chi connectivity index (χ2n) is 4.42. The molecule has 2 aromatic carbocycles. The monoisotopic (exact) mass is 411 g/mol. The summed E-state index contributed by atoms with van der Waals surface area (Å²) in [6.07, 6.45) is 0. The molecule has 0 amide bonds. The largest absolute Gasteiger partial charge is 0.279 e. The van der Waals surface area contributed by atoms with Crippen LogP contribution in [-0.2, 0) is 14.8 Å². The molecule has 122 valence electrons. The van der Waals surface area contributed by atoms with Crippen molar-refractivity contribution in [2.75, 3.05) is 10.8 Å². The van der Waals surface area contributed by atoms with Gasteiger partial charge in [0, 0.05) is 10.0 Å². The highest BCUT2D eigenvalue weighted by molar-refractivity contribution is 7.92. The first kappa shape index (κ1) is 18.4. The van der Waals surface area contributed by atoms with Crippen molar-refractivity contribution >= 4 is 67.4 Å². The first-order chi connectivity index (χ1) is 10.7. The Hall–Kier alpha value is -0.980. The molecular weight excluding hydrogens is 404 g/mol. The Labute approximate surface area is 153 Å². The molecule has 9 heteroatoms. The molecule has 0 atom stereocenters. The number of halogens is 4. The average Bonchev–Trinajstić information content (AvgIpc) is 2.47. The first-order valence-corrected chi connectivity index (χ1v) is 9.08. The van der Waals surface area contributed by atoms with E-state index in [0.29, 0.717) is 5.02 Å². The Bertz CT molecular complexity index is 838. The molecule has 0 saturated heterocycles. The summed E-state index contributed by atoms with van der Waals surface area (Å²) in [6.45, 7) is -0.591. The zero-order valence-electron chi connectivity index (χ0n) is 11.3. The van der Waals surface area contributed by atoms with Crippen molar-refractivity contribution in [2.45, 2.75) is 4.90 Å². The average molecular weight is 413 g/mol. The van der Waals surface area contributed by atoms with Gasteiger partial charge in [0.2, 0.25) is 5.24 Å². The molecule has 0 aliphatic heterocycles. The summed E-state index contributed by atoms with van der Waals surface area (Å²) in [5.74, 6) is 0. The molecule has 0 fully saturated rings. The maximum Gasteiger partial charge on any atom is 0.264 e. The quantitative estimate of drug-likeness (QED) is 0.674. The van der Waals surface area contributed by atoms with Gasteiger partial charge in [0.15, 0.2) is 0 Å². The molecule has 0 aromatic heterocycles. The van der Waals surface area contributed by atoms with Crippen LogP contribution in [0.3, 0.4) is 0 Å². The van der Waals surface area contributed by atoms with Gasteiger partial charge in [0.05, 0.1) is 15.6 Å². The van der Waals surface area contributed by atoms with E-state index in [1.54, 1.807) is 0 Å². The van der Waals surface area contributed by atoms with Gasteiger partial charge in [-0.3, -0.25) is 9.10 Å². The molecule has 2 aromatic rings. The molecule has 0 unspecified atom stereocenters. The van der Waals surface area contributed by atoms with E-state index in [9.17, 15) is 13.2 Å². The number of carbonyl (C=O) groups excluding carboxylic acids is 1. The third-order valence-corrected chi connectivity index (χ3v) is 5.55. The molecule has 2 rings (SSSR count). The van der Waals surface area contributed by atoms with Crippen LogP contribution in [0.25, 0.3) is 0 Å². The van der Waals surface area contributed by atoms with Crippen LogP contribution in [0.15, 0.2) is 47.4 Å². The third kappa shape index (κ3) is 4.31. The van der Waals surface area contributed by atoms with Gasteiger partial charge in [0.1, 0.15) is 6.54 Å². The summed E-state index contributed by atoms with van der Waals surface area (Å²) in [7, 11) is -4.08. The predicted octanol–water partition coefficient (Wildman–Crippen LogP) is 4.61. The van der Waals surface area contributed by atoms with E-state index in [-0.39, 0.29) is 20.6 Å². The Kier molecular flexibility index (Phi) is 5.81. The van der Waals surface area contributed by atoms with Gasteiger partial charge in [-0.25, -0.2) is 8.42 Å². The summed E-state index contributed by atoms with van der Waals surface area (Å²) in [4.78, 5) is 11.3. The number of sulfonamides is 1. The Balaban J connectivity index is 2.60. The van der Waals surface area contributed by atoms with Gasteiger partial charge >= 0.3 is 0 Å². The Morgan fingerprint density at radius 1 is 0.957 bits per heavy atom. The summed E-state index contributed by atoms with van der Waals surface area (Å²) in [6, 6.07) is 9.77. The lowest BCUT2D eigenvalue weighted by atomic mass is 10.3. The summed E-state index contributed by atoms with van der Waals surface area (Å²) in [5, 5.41) is -0.101. The molecule has 0 N–H and O–H groups in total. The van der Waals surface area contributed by atoms with Crippen LogP contribution in [-0.4, -0.2) is 20.2 Å². The molecule has 0 aliphatic carbocycles. The molecule has 4 nitrogen and oxygen atoms in total. The molecule has 0 saturated carbocycles. The fourth-order valence-electron chi connectivity index (χ4n) is 1.82. The van der Waals surface area contributed by atoms with Crippen LogP contribution in [0.2, 0.25) is 15.1 Å². The van der Waals surface area contributed by atoms with Gasteiger partial charge in [-0.15, -0.1) is 0 Å². The fraction of sp³-hybridized carbons (Fsp3) is 0.0714. The highest BCUT2D eigenvalue weighted by Gasteiger charge is 2.28. The maximum absolute atomic E-state index is 12.8. The van der Waals surface area contributed by atoms with E-state index < -0.39 is 21.8 Å². The fourth-order valence-corrected chi connectivity index (χ4v) is 4.01. The van der Waals surface area contributed by atoms with Crippen LogP contribution < -0.4 is 4.31 Å². The number of anilines is 1. The molecule has 0 spiro atoms. The number of carbonyl (C=O) groups is 1. The minimum absolute atomic E-state index is 0.0584. The second kappa shape index (κ2) is 7.28. The van der Waals surface area contributed by atoms with Crippen LogP contribution in [0.5, 0.6) is 0 Å². The standard InChI is InChI=1S/C14H9Cl4NO3S/c15-9-1-4-11(5-2-9)23(21,22)19(8-14(18)20)13-7-10(16)3-6-12(13)17/h1-7H,8H2. The van der Waals surface area contributed by atoms with Gasteiger partial charge < -0.3 is 0 Å². The number of hydrogen-bond donors (Lipinski definition) is 0. The van der Waals surface area contributed by atoms with Crippen molar-refractivity contribution in [3.63, 3.8) is 0 Å². The summed E-state index contributed by atoms with van der Waals surface area (Å²) in [5.41, 5.74) is 0.0584. The summed E-state index contributed by atoms with van der Waals surface area (Å²) < 4.78 is 26.4. The number of nitrogens with zero attached hydrogens (tertiary/aromatic N) is 1.